The van der Waals surface area contributed by atoms with E-state index in [1.807, 2.05) is 48.5 Å². The molecule has 19 heavy (non-hydrogen) atoms. The van der Waals surface area contributed by atoms with Crippen molar-refractivity contribution in [3.63, 3.8) is 0 Å². The van der Waals surface area contributed by atoms with Crippen molar-refractivity contribution in [2.75, 3.05) is 19.0 Å². The third-order valence-electron chi connectivity index (χ3n) is 2.80. The normalized spacial score (nSPS) is 11.9. The first-order chi connectivity index (χ1) is 9.19. The van der Waals surface area contributed by atoms with Crippen molar-refractivity contribution in [1.29, 1.82) is 0 Å². The lowest BCUT2D eigenvalue weighted by molar-refractivity contribution is 0.191. The van der Waals surface area contributed by atoms with E-state index in [2.05, 4.69) is 21.2 Å². The van der Waals surface area contributed by atoms with Crippen LogP contribution in [-0.2, 0) is 0 Å². The molecule has 3 nitrogen and oxygen atoms in total. The molecule has 0 aliphatic heterocycles. The quantitative estimate of drug-likeness (QED) is 0.884. The van der Waals surface area contributed by atoms with Gasteiger partial charge in [-0.1, -0.05) is 34.1 Å². The summed E-state index contributed by atoms with van der Waals surface area (Å²) < 4.78 is 6.15. The number of halogens is 1. The fourth-order valence-electron chi connectivity index (χ4n) is 1.78. The van der Waals surface area contributed by atoms with Gasteiger partial charge in [0.2, 0.25) is 0 Å². The summed E-state index contributed by atoms with van der Waals surface area (Å²) in [6, 6.07) is 15.3. The SMILES string of the molecule is COc1cccc(C(O)CNc2cccc(Br)c2)c1. The van der Waals surface area contributed by atoms with Gasteiger partial charge in [-0.15, -0.1) is 0 Å². The average molecular weight is 322 g/mol. The number of anilines is 1. The van der Waals surface area contributed by atoms with Crippen LogP contribution in [0.5, 0.6) is 5.75 Å². The van der Waals surface area contributed by atoms with Crippen LogP contribution >= 0.6 is 15.9 Å². The van der Waals surface area contributed by atoms with Gasteiger partial charge in [0.05, 0.1) is 13.2 Å². The lowest BCUT2D eigenvalue weighted by Crippen LogP contribution is -2.12. The molecule has 1 unspecified atom stereocenters. The largest absolute Gasteiger partial charge is 0.497 e. The molecule has 4 heteroatoms. The van der Waals surface area contributed by atoms with Gasteiger partial charge in [-0.25, -0.2) is 0 Å². The van der Waals surface area contributed by atoms with E-state index in [0.29, 0.717) is 6.54 Å². The van der Waals surface area contributed by atoms with Gasteiger partial charge in [-0.2, -0.15) is 0 Å². The van der Waals surface area contributed by atoms with E-state index in [4.69, 9.17) is 4.74 Å². The van der Waals surface area contributed by atoms with Gasteiger partial charge in [-0.05, 0) is 35.9 Å². The molecule has 0 fully saturated rings. The highest BCUT2D eigenvalue weighted by Gasteiger charge is 2.08. The van der Waals surface area contributed by atoms with Crippen molar-refractivity contribution < 1.29 is 9.84 Å². The van der Waals surface area contributed by atoms with Crippen LogP contribution in [0.3, 0.4) is 0 Å². The van der Waals surface area contributed by atoms with E-state index < -0.39 is 6.10 Å². The molecule has 0 amide bonds. The topological polar surface area (TPSA) is 41.5 Å². The van der Waals surface area contributed by atoms with Crippen LogP contribution in [0.25, 0.3) is 0 Å². The first-order valence-corrected chi connectivity index (χ1v) is 6.80. The molecule has 2 rings (SSSR count). The Bertz CT molecular complexity index is 545. The Morgan fingerprint density at radius 3 is 2.74 bits per heavy atom. The third-order valence-corrected chi connectivity index (χ3v) is 3.30. The molecule has 0 heterocycles. The summed E-state index contributed by atoms with van der Waals surface area (Å²) in [6.07, 6.45) is -0.575. The molecule has 0 spiro atoms. The highest BCUT2D eigenvalue weighted by atomic mass is 79.9. The van der Waals surface area contributed by atoms with Gasteiger partial charge in [0.25, 0.3) is 0 Å². The van der Waals surface area contributed by atoms with E-state index in [-0.39, 0.29) is 0 Å². The summed E-state index contributed by atoms with van der Waals surface area (Å²) in [4.78, 5) is 0. The molecule has 2 N–H and O–H groups in total. The molecule has 0 saturated carbocycles. The first kappa shape index (κ1) is 13.9. The predicted molar refractivity (Wildman–Crippen MR) is 80.6 cm³/mol. The van der Waals surface area contributed by atoms with E-state index in [1.165, 1.54) is 0 Å². The Balaban J connectivity index is 1.99. The molecule has 0 aliphatic rings. The molecule has 2 aromatic rings. The number of hydrogen-bond acceptors (Lipinski definition) is 3. The number of benzene rings is 2. The summed E-state index contributed by atoms with van der Waals surface area (Å²) >= 11 is 3.41. The van der Waals surface area contributed by atoms with E-state index in [1.54, 1.807) is 7.11 Å². The zero-order valence-electron chi connectivity index (χ0n) is 10.6. The summed E-state index contributed by atoms with van der Waals surface area (Å²) in [6.45, 7) is 0.448. The molecule has 0 aliphatic carbocycles. The van der Waals surface area contributed by atoms with Crippen molar-refractivity contribution in [1.82, 2.24) is 0 Å². The van der Waals surface area contributed by atoms with Crippen LogP contribution in [-0.4, -0.2) is 18.8 Å². The van der Waals surface area contributed by atoms with E-state index in [9.17, 15) is 5.11 Å². The number of aliphatic hydroxyl groups is 1. The Hall–Kier alpha value is -1.52. The number of hydrogen-bond donors (Lipinski definition) is 2. The molecule has 0 aromatic heterocycles. The number of nitrogens with one attached hydrogen (secondary N) is 1. The predicted octanol–water partition coefficient (Wildman–Crippen LogP) is 3.60. The van der Waals surface area contributed by atoms with E-state index >= 15 is 0 Å². The highest BCUT2D eigenvalue weighted by molar-refractivity contribution is 9.10. The number of methoxy groups -OCH3 is 1. The first-order valence-electron chi connectivity index (χ1n) is 6.00. The lowest BCUT2D eigenvalue weighted by Gasteiger charge is -2.14. The average Bonchev–Trinajstić information content (AvgIpc) is 2.45. The Kier molecular flexibility index (Phi) is 4.82. The number of aliphatic hydroxyl groups excluding tert-OH is 1. The Labute approximate surface area is 121 Å². The van der Waals surface area contributed by atoms with E-state index in [0.717, 1.165) is 21.5 Å². The summed E-state index contributed by atoms with van der Waals surface area (Å²) in [5.74, 6) is 0.749. The van der Waals surface area contributed by atoms with Crippen molar-refractivity contribution in [2.45, 2.75) is 6.10 Å². The minimum Gasteiger partial charge on any atom is -0.497 e. The fraction of sp³-hybridized carbons (Fsp3) is 0.200. The smallest absolute Gasteiger partial charge is 0.119 e. The van der Waals surface area contributed by atoms with Crippen molar-refractivity contribution in [3.8, 4) is 5.75 Å². The van der Waals surface area contributed by atoms with Crippen molar-refractivity contribution >= 4 is 21.6 Å². The minimum absolute atomic E-state index is 0.448. The van der Waals surface area contributed by atoms with Crippen LogP contribution < -0.4 is 10.1 Å². The molecule has 0 bridgehead atoms. The molecular weight excluding hydrogens is 306 g/mol. The maximum Gasteiger partial charge on any atom is 0.119 e. The van der Waals surface area contributed by atoms with Crippen molar-refractivity contribution in [3.05, 3.63) is 58.6 Å². The summed E-state index contributed by atoms with van der Waals surface area (Å²) in [7, 11) is 1.62. The zero-order chi connectivity index (χ0) is 13.7. The number of rotatable bonds is 5. The fourth-order valence-corrected chi connectivity index (χ4v) is 2.18. The maximum atomic E-state index is 10.1. The standard InChI is InChI=1S/C15H16BrNO2/c1-19-14-7-2-4-11(8-14)15(18)10-17-13-6-3-5-12(16)9-13/h2-9,15,17-18H,10H2,1H3. The monoisotopic (exact) mass is 321 g/mol. The van der Waals surface area contributed by atoms with Crippen LogP contribution in [0.2, 0.25) is 0 Å². The van der Waals surface area contributed by atoms with Crippen LogP contribution in [0.1, 0.15) is 11.7 Å². The second-order valence-corrected chi connectivity index (χ2v) is 5.10. The third kappa shape index (κ3) is 3.98. The highest BCUT2D eigenvalue weighted by Crippen LogP contribution is 2.20. The van der Waals surface area contributed by atoms with Crippen LogP contribution in [0, 0.1) is 0 Å². The maximum absolute atomic E-state index is 10.1. The lowest BCUT2D eigenvalue weighted by atomic mass is 10.1. The van der Waals surface area contributed by atoms with Gasteiger partial charge < -0.3 is 15.2 Å². The zero-order valence-corrected chi connectivity index (χ0v) is 12.2. The molecule has 2 aromatic carbocycles. The van der Waals surface area contributed by atoms with Gasteiger partial charge in [0.1, 0.15) is 5.75 Å². The molecule has 0 saturated heterocycles. The molecule has 100 valence electrons. The molecule has 0 radical (unpaired) electrons. The van der Waals surface area contributed by atoms with Crippen LogP contribution in [0.4, 0.5) is 5.69 Å². The minimum atomic E-state index is -0.575. The summed E-state index contributed by atoms with van der Waals surface area (Å²) in [5.41, 5.74) is 1.80. The van der Waals surface area contributed by atoms with Gasteiger partial charge in [0.15, 0.2) is 0 Å². The van der Waals surface area contributed by atoms with Gasteiger partial charge in [0, 0.05) is 16.7 Å². The molecular formula is C15H16BrNO2. The van der Waals surface area contributed by atoms with Crippen molar-refractivity contribution in [2.24, 2.45) is 0 Å². The Morgan fingerprint density at radius 1 is 1.21 bits per heavy atom. The van der Waals surface area contributed by atoms with Gasteiger partial charge in [-0.3, -0.25) is 0 Å². The van der Waals surface area contributed by atoms with Crippen LogP contribution in [0.15, 0.2) is 53.0 Å². The second kappa shape index (κ2) is 6.59. The summed E-state index contributed by atoms with van der Waals surface area (Å²) in [5, 5.41) is 13.3. The molecule has 1 atom stereocenters. The number of ether oxygens (including phenoxy) is 1. The second-order valence-electron chi connectivity index (χ2n) is 4.18. The Morgan fingerprint density at radius 2 is 2.00 bits per heavy atom. The van der Waals surface area contributed by atoms with Gasteiger partial charge >= 0.3 is 0 Å².